The van der Waals surface area contributed by atoms with Crippen LogP contribution < -0.4 is 10.6 Å². The van der Waals surface area contributed by atoms with Gasteiger partial charge in [-0.1, -0.05) is 35.3 Å². The van der Waals surface area contributed by atoms with Crippen LogP contribution in [-0.4, -0.2) is 29.7 Å². The van der Waals surface area contributed by atoms with Crippen molar-refractivity contribution in [2.45, 2.75) is 38.1 Å². The Morgan fingerprint density at radius 2 is 1.87 bits per heavy atom. The van der Waals surface area contributed by atoms with Crippen molar-refractivity contribution in [3.8, 4) is 0 Å². The molecule has 7 heteroatoms. The monoisotopic (exact) mass is 358 g/mol. The summed E-state index contributed by atoms with van der Waals surface area (Å²) >= 11 is 12.0. The fraction of sp³-hybridized carbons (Fsp3) is 0.500. The fourth-order valence-corrected chi connectivity index (χ4v) is 3.19. The number of halogens is 2. The molecule has 1 aliphatic carbocycles. The molecule has 2 amide bonds. The third-order valence-corrected chi connectivity index (χ3v) is 4.98. The van der Waals surface area contributed by atoms with Crippen LogP contribution in [0.2, 0.25) is 10.0 Å². The van der Waals surface area contributed by atoms with Crippen LogP contribution in [0.5, 0.6) is 0 Å². The average Bonchev–Trinajstić information content (AvgIpc) is 2.52. The van der Waals surface area contributed by atoms with E-state index in [0.29, 0.717) is 48.7 Å². The average molecular weight is 359 g/mol. The zero-order chi connectivity index (χ0) is 16.8. The molecule has 0 saturated heterocycles. The van der Waals surface area contributed by atoms with Crippen LogP contribution in [0.1, 0.15) is 31.2 Å². The maximum atomic E-state index is 11.9. The molecule has 3 N–H and O–H groups in total. The van der Waals surface area contributed by atoms with Gasteiger partial charge in [-0.15, -0.1) is 0 Å². The van der Waals surface area contributed by atoms with Gasteiger partial charge in [0, 0.05) is 12.6 Å². The van der Waals surface area contributed by atoms with E-state index in [2.05, 4.69) is 10.6 Å². The van der Waals surface area contributed by atoms with E-state index in [1.165, 1.54) is 0 Å². The highest BCUT2D eigenvalue weighted by atomic mass is 35.5. The molecule has 2 rings (SSSR count). The van der Waals surface area contributed by atoms with Gasteiger partial charge in [0.25, 0.3) is 0 Å². The smallest absolute Gasteiger partial charge is 0.315 e. The number of hydrogen-bond donors (Lipinski definition) is 3. The molecule has 1 aliphatic rings. The quantitative estimate of drug-likeness (QED) is 0.753. The van der Waals surface area contributed by atoms with E-state index in [1.54, 1.807) is 6.07 Å². The summed E-state index contributed by atoms with van der Waals surface area (Å²) in [5, 5.41) is 15.7. The van der Waals surface area contributed by atoms with Gasteiger partial charge in [-0.25, -0.2) is 4.79 Å². The summed E-state index contributed by atoms with van der Waals surface area (Å²) in [7, 11) is 0. The third-order valence-electron chi connectivity index (χ3n) is 4.12. The van der Waals surface area contributed by atoms with Crippen molar-refractivity contribution in [2.75, 3.05) is 6.54 Å². The topological polar surface area (TPSA) is 78.4 Å². The summed E-state index contributed by atoms with van der Waals surface area (Å²) in [4.78, 5) is 22.8. The van der Waals surface area contributed by atoms with Gasteiger partial charge in [0.1, 0.15) is 0 Å². The largest absolute Gasteiger partial charge is 0.481 e. The van der Waals surface area contributed by atoms with E-state index in [1.807, 2.05) is 12.1 Å². The fourth-order valence-electron chi connectivity index (χ4n) is 2.77. The van der Waals surface area contributed by atoms with Crippen LogP contribution in [0, 0.1) is 5.92 Å². The summed E-state index contributed by atoms with van der Waals surface area (Å²) in [6.07, 6.45) is 3.21. The number of benzene rings is 1. The molecule has 126 valence electrons. The Balaban J connectivity index is 1.70. The number of amides is 2. The van der Waals surface area contributed by atoms with Crippen molar-refractivity contribution in [3.63, 3.8) is 0 Å². The molecule has 5 nitrogen and oxygen atoms in total. The van der Waals surface area contributed by atoms with Crippen molar-refractivity contribution in [3.05, 3.63) is 33.8 Å². The maximum absolute atomic E-state index is 11.9. The van der Waals surface area contributed by atoms with Gasteiger partial charge in [-0.05, 0) is 43.7 Å². The van der Waals surface area contributed by atoms with Gasteiger partial charge in [0.15, 0.2) is 0 Å². The Hall–Kier alpha value is -1.46. The standard InChI is InChI=1S/C16H20Cl2N2O3/c17-13-3-1-2-10(14(13)18)8-9-19-16(23)20-12-6-4-11(5-7-12)15(21)22/h1-3,11-12H,4-9H2,(H,21,22)(H2,19,20,23). The second-order valence-electron chi connectivity index (χ2n) is 5.75. The first kappa shape index (κ1) is 17.9. The van der Waals surface area contributed by atoms with Crippen LogP contribution in [0.4, 0.5) is 4.79 Å². The van der Waals surface area contributed by atoms with Crippen LogP contribution in [0.15, 0.2) is 18.2 Å². The molecule has 0 bridgehead atoms. The number of rotatable bonds is 5. The second-order valence-corrected chi connectivity index (χ2v) is 6.54. The van der Waals surface area contributed by atoms with Crippen molar-refractivity contribution in [1.29, 1.82) is 0 Å². The normalized spacial score (nSPS) is 20.8. The molecule has 0 aliphatic heterocycles. The number of hydrogen-bond acceptors (Lipinski definition) is 2. The SMILES string of the molecule is O=C(NCCc1cccc(Cl)c1Cl)NC1CCC(C(=O)O)CC1. The van der Waals surface area contributed by atoms with Crippen LogP contribution in [-0.2, 0) is 11.2 Å². The van der Waals surface area contributed by atoms with Gasteiger partial charge in [0.2, 0.25) is 0 Å². The Morgan fingerprint density at radius 3 is 2.52 bits per heavy atom. The summed E-state index contributed by atoms with van der Waals surface area (Å²) in [5.74, 6) is -1.02. The van der Waals surface area contributed by atoms with E-state index in [9.17, 15) is 9.59 Å². The van der Waals surface area contributed by atoms with Crippen molar-refractivity contribution in [2.24, 2.45) is 5.92 Å². The molecule has 0 radical (unpaired) electrons. The minimum Gasteiger partial charge on any atom is -0.481 e. The zero-order valence-corrected chi connectivity index (χ0v) is 14.2. The first-order valence-corrected chi connectivity index (χ1v) is 8.43. The predicted octanol–water partition coefficient (Wildman–Crippen LogP) is 3.48. The summed E-state index contributed by atoms with van der Waals surface area (Å²) in [6.45, 7) is 0.455. The van der Waals surface area contributed by atoms with Crippen LogP contribution >= 0.6 is 23.2 Å². The number of carboxylic acid groups (broad SMARTS) is 1. The first-order valence-electron chi connectivity index (χ1n) is 7.67. The van der Waals surface area contributed by atoms with E-state index >= 15 is 0 Å². The Bertz CT molecular complexity index is 572. The van der Waals surface area contributed by atoms with E-state index in [0.717, 1.165) is 5.56 Å². The highest BCUT2D eigenvalue weighted by Gasteiger charge is 2.26. The number of carbonyl (C=O) groups is 2. The Kier molecular flexibility index (Phi) is 6.54. The van der Waals surface area contributed by atoms with Gasteiger partial charge >= 0.3 is 12.0 Å². The van der Waals surface area contributed by atoms with Gasteiger partial charge in [-0.3, -0.25) is 4.79 Å². The predicted molar refractivity (Wildman–Crippen MR) is 90.1 cm³/mol. The first-order chi connectivity index (χ1) is 11.0. The van der Waals surface area contributed by atoms with Crippen molar-refractivity contribution >= 4 is 35.2 Å². The third kappa shape index (κ3) is 5.29. The second kappa shape index (κ2) is 8.41. The minimum atomic E-state index is -0.744. The van der Waals surface area contributed by atoms with E-state index in [-0.39, 0.29) is 18.0 Å². The molecule has 0 unspecified atom stereocenters. The van der Waals surface area contributed by atoms with Crippen molar-refractivity contribution in [1.82, 2.24) is 10.6 Å². The molecule has 0 atom stereocenters. The number of aliphatic carboxylic acids is 1. The summed E-state index contributed by atoms with van der Waals surface area (Å²) in [6, 6.07) is 5.23. The molecule has 1 aromatic rings. The number of carbonyl (C=O) groups excluding carboxylic acids is 1. The summed E-state index contributed by atoms with van der Waals surface area (Å²) < 4.78 is 0. The Labute approximate surface area is 145 Å². The number of urea groups is 1. The van der Waals surface area contributed by atoms with Crippen molar-refractivity contribution < 1.29 is 14.7 Å². The van der Waals surface area contributed by atoms with Crippen LogP contribution in [0.25, 0.3) is 0 Å². The van der Waals surface area contributed by atoms with E-state index < -0.39 is 5.97 Å². The molecule has 1 saturated carbocycles. The zero-order valence-electron chi connectivity index (χ0n) is 12.6. The van der Waals surface area contributed by atoms with Gasteiger partial charge < -0.3 is 15.7 Å². The summed E-state index contributed by atoms with van der Waals surface area (Å²) in [5.41, 5.74) is 0.890. The lowest BCUT2D eigenvalue weighted by molar-refractivity contribution is -0.142. The number of nitrogens with one attached hydrogen (secondary N) is 2. The molecule has 0 heterocycles. The highest BCUT2D eigenvalue weighted by molar-refractivity contribution is 6.42. The lowest BCUT2D eigenvalue weighted by atomic mass is 9.86. The number of carboxylic acids is 1. The van der Waals surface area contributed by atoms with Gasteiger partial charge in [-0.2, -0.15) is 0 Å². The Morgan fingerprint density at radius 1 is 1.17 bits per heavy atom. The molecule has 1 aromatic carbocycles. The van der Waals surface area contributed by atoms with E-state index in [4.69, 9.17) is 28.3 Å². The molecular formula is C16H20Cl2N2O3. The molecule has 0 spiro atoms. The highest BCUT2D eigenvalue weighted by Crippen LogP contribution is 2.26. The molecule has 23 heavy (non-hydrogen) atoms. The minimum absolute atomic E-state index is 0.0420. The molecular weight excluding hydrogens is 339 g/mol. The van der Waals surface area contributed by atoms with Gasteiger partial charge in [0.05, 0.1) is 16.0 Å². The molecule has 0 aromatic heterocycles. The lowest BCUT2D eigenvalue weighted by Gasteiger charge is -2.26. The maximum Gasteiger partial charge on any atom is 0.315 e. The molecule has 1 fully saturated rings. The van der Waals surface area contributed by atoms with Crippen LogP contribution in [0.3, 0.4) is 0 Å². The lowest BCUT2D eigenvalue weighted by Crippen LogP contribution is -2.44.